The number of sulfonamides is 1. The van der Waals surface area contributed by atoms with Crippen molar-refractivity contribution in [3.05, 3.63) is 47.2 Å². The third kappa shape index (κ3) is 3.59. The molecule has 150 valence electrons. The zero-order valence-corrected chi connectivity index (χ0v) is 15.7. The van der Waals surface area contributed by atoms with Crippen molar-refractivity contribution >= 4 is 27.8 Å². The molecule has 1 aliphatic carbocycles. The number of carbonyl (C=O) groups excluding carboxylic acids is 2. The molecule has 1 heterocycles. The van der Waals surface area contributed by atoms with E-state index in [2.05, 4.69) is 4.72 Å². The van der Waals surface area contributed by atoms with Crippen molar-refractivity contribution in [2.45, 2.75) is 30.4 Å². The number of carboxylic acid groups (broad SMARTS) is 1. The summed E-state index contributed by atoms with van der Waals surface area (Å²) >= 11 is 0. The minimum Gasteiger partial charge on any atom is -0.503 e. The van der Waals surface area contributed by atoms with Gasteiger partial charge in [-0.25, -0.2) is 13.2 Å². The van der Waals surface area contributed by atoms with Gasteiger partial charge >= 0.3 is 5.97 Å². The van der Waals surface area contributed by atoms with E-state index < -0.39 is 43.9 Å². The van der Waals surface area contributed by atoms with Crippen molar-refractivity contribution in [2.24, 2.45) is 0 Å². The van der Waals surface area contributed by atoms with Crippen LogP contribution in [0.15, 0.2) is 41.7 Å². The maximum absolute atomic E-state index is 12.7. The smallest absolute Gasteiger partial charge is 0.337 e. The normalized spacial score (nSPS) is 18.3. The molecule has 1 aliphatic heterocycles. The van der Waals surface area contributed by atoms with Gasteiger partial charge in [0.05, 0.1) is 6.54 Å². The summed E-state index contributed by atoms with van der Waals surface area (Å²) in [5.41, 5.74) is 0.247. The topological polar surface area (TPSA) is 141 Å². The Hall–Kier alpha value is -2.88. The van der Waals surface area contributed by atoms with Gasteiger partial charge < -0.3 is 15.1 Å². The number of nitrogens with one attached hydrogen (secondary N) is 1. The van der Waals surface area contributed by atoms with Gasteiger partial charge in [-0.1, -0.05) is 30.3 Å². The van der Waals surface area contributed by atoms with Crippen LogP contribution >= 0.6 is 0 Å². The maximum Gasteiger partial charge on any atom is 0.337 e. The molecule has 1 aromatic rings. The first-order valence-corrected chi connectivity index (χ1v) is 10.2. The van der Waals surface area contributed by atoms with E-state index in [0.29, 0.717) is 18.4 Å². The van der Waals surface area contributed by atoms with E-state index in [1.807, 2.05) is 0 Å². The average molecular weight is 408 g/mol. The number of carbonyl (C=O) groups is 3. The van der Waals surface area contributed by atoms with Crippen LogP contribution in [-0.4, -0.2) is 54.4 Å². The SMILES string of the molecule is O=C(CCCN1CC(C(=O)O)=C(O)C1=O)NS(=O)(=O)C1(c2ccccc2)CC1. The molecule has 0 unspecified atom stereocenters. The van der Waals surface area contributed by atoms with E-state index in [1.54, 1.807) is 30.3 Å². The molecule has 1 fully saturated rings. The van der Waals surface area contributed by atoms with E-state index in [1.165, 1.54) is 0 Å². The summed E-state index contributed by atoms with van der Waals surface area (Å²) in [5, 5.41) is 18.4. The Balaban J connectivity index is 1.53. The monoisotopic (exact) mass is 408 g/mol. The van der Waals surface area contributed by atoms with Gasteiger partial charge in [-0.2, -0.15) is 0 Å². The van der Waals surface area contributed by atoms with Gasteiger partial charge in [0.2, 0.25) is 15.9 Å². The van der Waals surface area contributed by atoms with E-state index in [9.17, 15) is 27.9 Å². The van der Waals surface area contributed by atoms with Crippen LogP contribution in [0.25, 0.3) is 0 Å². The van der Waals surface area contributed by atoms with Crippen LogP contribution in [0, 0.1) is 0 Å². The number of rotatable bonds is 8. The van der Waals surface area contributed by atoms with Gasteiger partial charge in [0.25, 0.3) is 5.91 Å². The molecule has 3 rings (SSSR count). The molecule has 10 heteroatoms. The lowest BCUT2D eigenvalue weighted by molar-refractivity contribution is -0.133. The lowest BCUT2D eigenvalue weighted by atomic mass is 10.1. The van der Waals surface area contributed by atoms with Gasteiger partial charge in [-0.3, -0.25) is 14.3 Å². The van der Waals surface area contributed by atoms with Gasteiger partial charge in [-0.15, -0.1) is 0 Å². The van der Waals surface area contributed by atoms with Crippen molar-refractivity contribution < 1.29 is 33.0 Å². The molecule has 2 aliphatic rings. The quantitative estimate of drug-likeness (QED) is 0.573. The standard InChI is InChI=1S/C18H20N2O7S/c21-14(7-4-10-20-11-13(17(24)25)15(22)16(20)23)19-28(26,27)18(8-9-18)12-5-2-1-3-6-12/h1-3,5-6,22H,4,7-11H2,(H,19,21)(H,24,25). The summed E-state index contributed by atoms with van der Waals surface area (Å²) in [5.74, 6) is -3.69. The van der Waals surface area contributed by atoms with Crippen LogP contribution in [0.3, 0.4) is 0 Å². The van der Waals surface area contributed by atoms with Gasteiger partial charge in [0.1, 0.15) is 10.3 Å². The number of aliphatic carboxylic acids is 1. The van der Waals surface area contributed by atoms with Crippen molar-refractivity contribution in [2.75, 3.05) is 13.1 Å². The Bertz CT molecular complexity index is 949. The van der Waals surface area contributed by atoms with Crippen molar-refractivity contribution in [1.29, 1.82) is 0 Å². The second-order valence-corrected chi connectivity index (χ2v) is 8.84. The Morgan fingerprint density at radius 1 is 1.18 bits per heavy atom. The largest absolute Gasteiger partial charge is 0.503 e. The van der Waals surface area contributed by atoms with Crippen LogP contribution in [-0.2, 0) is 29.2 Å². The molecule has 0 radical (unpaired) electrons. The Labute approximate surface area is 161 Å². The Kier molecular flexibility index (Phi) is 5.16. The number of aliphatic hydroxyl groups is 1. The third-order valence-corrected chi connectivity index (χ3v) is 7.15. The molecule has 0 aromatic heterocycles. The van der Waals surface area contributed by atoms with Crippen molar-refractivity contribution in [3.63, 3.8) is 0 Å². The minimum atomic E-state index is -3.90. The average Bonchev–Trinajstić information content (AvgIpc) is 3.41. The van der Waals surface area contributed by atoms with Crippen LogP contribution in [0.4, 0.5) is 0 Å². The Morgan fingerprint density at radius 3 is 2.36 bits per heavy atom. The molecular weight excluding hydrogens is 388 g/mol. The maximum atomic E-state index is 12.7. The van der Waals surface area contributed by atoms with E-state index >= 15 is 0 Å². The molecule has 2 amide bonds. The van der Waals surface area contributed by atoms with Gasteiger partial charge in [0.15, 0.2) is 5.76 Å². The number of amides is 2. The lowest BCUT2D eigenvalue weighted by Crippen LogP contribution is -2.39. The summed E-state index contributed by atoms with van der Waals surface area (Å²) in [6.07, 6.45) is 0.846. The molecule has 28 heavy (non-hydrogen) atoms. The minimum absolute atomic E-state index is 0.0248. The van der Waals surface area contributed by atoms with Crippen LogP contribution < -0.4 is 4.72 Å². The lowest BCUT2D eigenvalue weighted by Gasteiger charge is -2.18. The number of hydrogen-bond acceptors (Lipinski definition) is 6. The van der Waals surface area contributed by atoms with Crippen LogP contribution in [0.1, 0.15) is 31.2 Å². The molecule has 1 aromatic carbocycles. The number of hydrogen-bond donors (Lipinski definition) is 3. The summed E-state index contributed by atoms with van der Waals surface area (Å²) in [6, 6.07) is 8.71. The molecular formula is C18H20N2O7S. The zero-order chi connectivity index (χ0) is 20.5. The zero-order valence-electron chi connectivity index (χ0n) is 14.9. The van der Waals surface area contributed by atoms with E-state index in [0.717, 1.165) is 4.90 Å². The predicted molar refractivity (Wildman–Crippen MR) is 97.5 cm³/mol. The fourth-order valence-electron chi connectivity index (χ4n) is 3.26. The summed E-state index contributed by atoms with van der Waals surface area (Å²) in [6.45, 7) is -0.228. The van der Waals surface area contributed by atoms with Gasteiger partial charge in [0, 0.05) is 13.0 Å². The van der Waals surface area contributed by atoms with Crippen LogP contribution in [0.2, 0.25) is 0 Å². The molecule has 0 atom stereocenters. The van der Waals surface area contributed by atoms with E-state index in [4.69, 9.17) is 5.11 Å². The summed E-state index contributed by atoms with van der Waals surface area (Å²) < 4.78 is 26.3. The number of nitrogens with zero attached hydrogens (tertiary/aromatic N) is 1. The molecule has 0 bridgehead atoms. The fraction of sp³-hybridized carbons (Fsp3) is 0.389. The molecule has 0 spiro atoms. The number of aliphatic hydroxyl groups excluding tert-OH is 1. The highest BCUT2D eigenvalue weighted by Crippen LogP contribution is 2.52. The highest BCUT2D eigenvalue weighted by Gasteiger charge is 2.56. The summed E-state index contributed by atoms with van der Waals surface area (Å²) in [4.78, 5) is 35.9. The van der Waals surface area contributed by atoms with Crippen LogP contribution in [0.5, 0.6) is 0 Å². The second kappa shape index (κ2) is 7.27. The van der Waals surface area contributed by atoms with Gasteiger partial charge in [-0.05, 0) is 24.8 Å². The first-order chi connectivity index (χ1) is 13.2. The number of benzene rings is 1. The molecule has 9 nitrogen and oxygen atoms in total. The summed E-state index contributed by atoms with van der Waals surface area (Å²) in [7, 11) is -3.90. The number of carboxylic acids is 1. The second-order valence-electron chi connectivity index (χ2n) is 6.85. The fourth-order valence-corrected chi connectivity index (χ4v) is 4.95. The first kappa shape index (κ1) is 19.9. The molecule has 3 N–H and O–H groups in total. The van der Waals surface area contributed by atoms with E-state index in [-0.39, 0.29) is 25.9 Å². The predicted octanol–water partition coefficient (Wildman–Crippen LogP) is 0.641. The van der Waals surface area contributed by atoms with Crippen molar-refractivity contribution in [1.82, 2.24) is 9.62 Å². The third-order valence-electron chi connectivity index (χ3n) is 4.98. The first-order valence-electron chi connectivity index (χ1n) is 8.73. The van der Waals surface area contributed by atoms with Crippen molar-refractivity contribution in [3.8, 4) is 0 Å². The molecule has 0 saturated heterocycles. The molecule has 1 saturated carbocycles. The Morgan fingerprint density at radius 2 is 1.82 bits per heavy atom. The highest BCUT2D eigenvalue weighted by molar-refractivity contribution is 7.91. The highest BCUT2D eigenvalue weighted by atomic mass is 32.2.